The molecule has 1 saturated heterocycles. The van der Waals surface area contributed by atoms with Crippen LogP contribution in [-0.4, -0.2) is 61.1 Å². The van der Waals surface area contributed by atoms with Gasteiger partial charge >= 0.3 is 0 Å². The molecule has 15 heteroatoms. The number of alkyl halides is 2. The van der Waals surface area contributed by atoms with Crippen LogP contribution in [0.2, 0.25) is 0 Å². The van der Waals surface area contributed by atoms with Crippen LogP contribution in [-0.2, 0) is 19.1 Å². The van der Waals surface area contributed by atoms with Crippen LogP contribution in [0.1, 0.15) is 24.8 Å². The Balaban J connectivity index is 1.82. The average molecular weight is 548 g/mol. The van der Waals surface area contributed by atoms with Gasteiger partial charge in [0.05, 0.1) is 17.5 Å². The summed E-state index contributed by atoms with van der Waals surface area (Å²) in [6.07, 6.45) is 0.197. The molecule has 4 rings (SSSR count). The molecular weight excluding hydrogens is 528 g/mol. The zero-order valence-electron chi connectivity index (χ0n) is 18.2. The first kappa shape index (κ1) is 25.4. The highest BCUT2D eigenvalue weighted by molar-refractivity contribution is 8.13. The van der Waals surface area contributed by atoms with Gasteiger partial charge in [-0.3, -0.25) is 9.36 Å². The summed E-state index contributed by atoms with van der Waals surface area (Å²) in [5.74, 6) is 0.0689. The largest absolute Gasteiger partial charge is 0.351 e. The molecular formula is C20H20ClF2N5O5S2. The lowest BCUT2D eigenvalue weighted by Crippen LogP contribution is -2.42. The number of hydrogen-bond donors (Lipinski definition) is 1. The van der Waals surface area contributed by atoms with Crippen molar-refractivity contribution in [3.63, 3.8) is 0 Å². The summed E-state index contributed by atoms with van der Waals surface area (Å²) < 4.78 is 77.1. The van der Waals surface area contributed by atoms with E-state index in [0.29, 0.717) is 25.9 Å². The van der Waals surface area contributed by atoms with E-state index in [2.05, 4.69) is 15.3 Å². The second-order valence-corrected chi connectivity index (χ2v) is 12.5. The summed E-state index contributed by atoms with van der Waals surface area (Å²) in [5.41, 5.74) is -2.33. The quantitative estimate of drug-likeness (QED) is 0.466. The van der Waals surface area contributed by atoms with E-state index < -0.39 is 41.5 Å². The van der Waals surface area contributed by atoms with Crippen LogP contribution in [0.15, 0.2) is 46.2 Å². The van der Waals surface area contributed by atoms with E-state index >= 15 is 0 Å². The van der Waals surface area contributed by atoms with Crippen molar-refractivity contribution in [3.05, 3.63) is 52.4 Å². The average Bonchev–Trinajstić information content (AvgIpc) is 2.78. The van der Waals surface area contributed by atoms with Crippen LogP contribution in [0.25, 0.3) is 16.7 Å². The summed E-state index contributed by atoms with van der Waals surface area (Å²) >= 11 is 0. The van der Waals surface area contributed by atoms with Gasteiger partial charge < -0.3 is 5.32 Å². The summed E-state index contributed by atoms with van der Waals surface area (Å²) in [7, 11) is -2.10. The number of halogens is 3. The van der Waals surface area contributed by atoms with Crippen LogP contribution < -0.4 is 10.9 Å². The minimum atomic E-state index is -4.34. The lowest BCUT2D eigenvalue weighted by Gasteiger charge is -2.30. The molecule has 0 unspecified atom stereocenters. The monoisotopic (exact) mass is 547 g/mol. The number of sulfonamides is 1. The summed E-state index contributed by atoms with van der Waals surface area (Å²) in [4.78, 5) is 21.1. The van der Waals surface area contributed by atoms with Gasteiger partial charge in [0.25, 0.3) is 21.0 Å². The van der Waals surface area contributed by atoms with Crippen molar-refractivity contribution in [1.29, 1.82) is 0 Å². The summed E-state index contributed by atoms with van der Waals surface area (Å²) in [5, 5.41) is 3.16. The van der Waals surface area contributed by atoms with Crippen molar-refractivity contribution in [3.8, 4) is 5.69 Å². The van der Waals surface area contributed by atoms with Crippen LogP contribution in [0, 0.1) is 0 Å². The highest BCUT2D eigenvalue weighted by Crippen LogP contribution is 2.27. The third-order valence-corrected chi connectivity index (χ3v) is 8.30. The number of nitrogens with zero attached hydrogens (tertiary/aromatic N) is 4. The second-order valence-electron chi connectivity index (χ2n) is 8.00. The number of benzene rings is 1. The summed E-state index contributed by atoms with van der Waals surface area (Å²) in [6.45, 7) is 0.598. The number of piperidine rings is 1. The first-order valence-corrected chi connectivity index (χ1v) is 14.5. The van der Waals surface area contributed by atoms with Gasteiger partial charge in [-0.25, -0.2) is 34.9 Å². The highest BCUT2D eigenvalue weighted by atomic mass is 35.7. The van der Waals surface area contributed by atoms with Crippen LogP contribution in [0.5, 0.6) is 0 Å². The molecule has 0 amide bonds. The zero-order valence-corrected chi connectivity index (χ0v) is 20.6. The van der Waals surface area contributed by atoms with Crippen molar-refractivity contribution in [2.75, 3.05) is 24.7 Å². The molecule has 1 N–H and O–H groups in total. The molecule has 3 aromatic rings. The van der Waals surface area contributed by atoms with Gasteiger partial charge in [0.1, 0.15) is 4.90 Å². The molecule has 1 fully saturated rings. The van der Waals surface area contributed by atoms with Crippen LogP contribution in [0.4, 0.5) is 14.7 Å². The van der Waals surface area contributed by atoms with Crippen molar-refractivity contribution in [2.45, 2.75) is 30.2 Å². The zero-order chi connectivity index (χ0) is 25.5. The van der Waals surface area contributed by atoms with Crippen LogP contribution in [0.3, 0.4) is 0 Å². The topological polar surface area (TPSA) is 131 Å². The van der Waals surface area contributed by atoms with Gasteiger partial charge in [-0.15, -0.1) is 0 Å². The third kappa shape index (κ3) is 5.29. The van der Waals surface area contributed by atoms with Gasteiger partial charge in [0.2, 0.25) is 16.0 Å². The number of anilines is 1. The summed E-state index contributed by atoms with van der Waals surface area (Å²) in [6, 6.07) is 6.02. The van der Waals surface area contributed by atoms with Crippen molar-refractivity contribution in [2.24, 2.45) is 0 Å². The fourth-order valence-electron chi connectivity index (χ4n) is 3.93. The number of rotatable bonds is 6. The van der Waals surface area contributed by atoms with Crippen molar-refractivity contribution < 1.29 is 25.6 Å². The van der Waals surface area contributed by atoms with E-state index in [1.54, 1.807) is 0 Å². The van der Waals surface area contributed by atoms with E-state index in [0.717, 1.165) is 23.0 Å². The SMILES string of the molecule is CS(=O)(=O)N1CCC(Nc2ncc3cc(C(F)F)c(=O)n(-c4ccccc4S(=O)(=O)Cl)c3n2)CC1. The maximum Gasteiger partial charge on any atom is 0.269 e. The fraction of sp³-hybridized carbons (Fsp3) is 0.350. The predicted octanol–water partition coefficient (Wildman–Crippen LogP) is 2.48. The Morgan fingerprint density at radius 2 is 1.80 bits per heavy atom. The maximum absolute atomic E-state index is 13.6. The second kappa shape index (κ2) is 9.41. The molecule has 2 aromatic heterocycles. The molecule has 188 valence electrons. The van der Waals surface area contributed by atoms with E-state index in [9.17, 15) is 30.4 Å². The van der Waals surface area contributed by atoms with Gasteiger partial charge in [0.15, 0.2) is 5.65 Å². The molecule has 0 atom stereocenters. The number of pyridine rings is 1. The van der Waals surface area contributed by atoms with Gasteiger partial charge in [-0.05, 0) is 31.0 Å². The molecule has 1 aliphatic heterocycles. The molecule has 0 spiro atoms. The highest BCUT2D eigenvalue weighted by Gasteiger charge is 2.26. The Morgan fingerprint density at radius 3 is 2.40 bits per heavy atom. The van der Waals surface area contributed by atoms with Crippen molar-refractivity contribution >= 4 is 46.7 Å². The predicted molar refractivity (Wildman–Crippen MR) is 126 cm³/mol. The fourth-order valence-corrected chi connectivity index (χ4v) is 5.85. The van der Waals surface area contributed by atoms with Gasteiger partial charge in [-0.2, -0.15) is 4.98 Å². The molecule has 10 nitrogen and oxygen atoms in total. The normalized spacial score (nSPS) is 16.1. The number of hydrogen-bond acceptors (Lipinski definition) is 8. The third-order valence-electron chi connectivity index (χ3n) is 5.63. The Morgan fingerprint density at radius 1 is 1.14 bits per heavy atom. The first-order valence-electron chi connectivity index (χ1n) is 10.3. The molecule has 1 aliphatic rings. The molecule has 0 saturated carbocycles. The van der Waals surface area contributed by atoms with E-state index in [1.165, 1.54) is 28.7 Å². The number of fused-ring (bicyclic) bond motifs is 1. The Bertz CT molecular complexity index is 1560. The van der Waals surface area contributed by atoms with Gasteiger partial charge in [-0.1, -0.05) is 12.1 Å². The first-order chi connectivity index (χ1) is 16.4. The lowest BCUT2D eigenvalue weighted by atomic mass is 10.1. The minimum absolute atomic E-state index is 0.0689. The molecule has 0 aliphatic carbocycles. The van der Waals surface area contributed by atoms with Gasteiger partial charge in [0, 0.05) is 41.4 Å². The number of aromatic nitrogens is 3. The smallest absolute Gasteiger partial charge is 0.269 e. The Labute approximate surface area is 204 Å². The number of nitrogens with one attached hydrogen (secondary N) is 1. The van der Waals surface area contributed by atoms with Crippen molar-refractivity contribution in [1.82, 2.24) is 18.8 Å². The maximum atomic E-state index is 13.6. The molecule has 35 heavy (non-hydrogen) atoms. The molecule has 0 radical (unpaired) electrons. The van der Waals surface area contributed by atoms with E-state index in [4.69, 9.17) is 10.7 Å². The minimum Gasteiger partial charge on any atom is -0.351 e. The standard InChI is InChI=1S/C20H20ClF2N5O5S2/c1-34(30,31)27-8-6-13(7-9-27)25-20-24-11-12-10-14(17(22)23)19(29)28(18(12)26-20)15-4-2-3-5-16(15)35(21,32)33/h2-5,10-11,13,17H,6-9H2,1H3,(H,24,25,26). The number of para-hydroxylation sites is 1. The van der Waals surface area contributed by atoms with E-state index in [1.807, 2.05) is 0 Å². The molecule has 3 heterocycles. The van der Waals surface area contributed by atoms with E-state index in [-0.39, 0.29) is 28.7 Å². The van der Waals surface area contributed by atoms with Crippen LogP contribution >= 0.6 is 10.7 Å². The molecule has 1 aromatic carbocycles. The Kier molecular flexibility index (Phi) is 6.83. The lowest BCUT2D eigenvalue weighted by molar-refractivity contribution is 0.149. The Hall–Kier alpha value is -2.68. The molecule has 0 bridgehead atoms.